The van der Waals surface area contributed by atoms with E-state index in [-0.39, 0.29) is 11.1 Å². The van der Waals surface area contributed by atoms with E-state index < -0.39 is 0 Å². The van der Waals surface area contributed by atoms with Gasteiger partial charge in [0.05, 0.1) is 6.61 Å². The fourth-order valence-electron chi connectivity index (χ4n) is 0.249. The van der Waals surface area contributed by atoms with Crippen LogP contribution in [0.5, 0.6) is 0 Å². The molecule has 0 unspecified atom stereocenters. The van der Waals surface area contributed by atoms with E-state index >= 15 is 0 Å². The van der Waals surface area contributed by atoms with Gasteiger partial charge in [-0.15, -0.1) is 0 Å². The molecule has 0 amide bonds. The summed E-state index contributed by atoms with van der Waals surface area (Å²) in [5.74, 6) is -0.318. The van der Waals surface area contributed by atoms with Gasteiger partial charge in [0.1, 0.15) is 0 Å². The van der Waals surface area contributed by atoms with E-state index in [1.54, 1.807) is 6.92 Å². The lowest BCUT2D eigenvalue weighted by atomic mass is 10.7. The number of nitrogens with one attached hydrogen (secondary N) is 1. The first kappa shape index (κ1) is 8.23. The summed E-state index contributed by atoms with van der Waals surface area (Å²) < 4.78 is 4.56. The molecule has 52 valence electrons. The van der Waals surface area contributed by atoms with Crippen LogP contribution in [-0.2, 0) is 4.74 Å². The maximum Gasteiger partial charge on any atom is 0.248 e. The Morgan fingerprint density at radius 1 is 1.89 bits per heavy atom. The molecule has 0 heterocycles. The van der Waals surface area contributed by atoms with Crippen LogP contribution in [0.25, 0.3) is 0 Å². The number of nitrogens with zero attached hydrogens (tertiary/aromatic N) is 1. The summed E-state index contributed by atoms with van der Waals surface area (Å²) in [6.07, 6.45) is 0. The van der Waals surface area contributed by atoms with Gasteiger partial charge in [0.25, 0.3) is 0 Å². The van der Waals surface area contributed by atoms with Gasteiger partial charge in [-0.1, -0.05) is 16.8 Å². The number of rotatable bonds is 2. The van der Waals surface area contributed by atoms with Crippen molar-refractivity contribution in [2.24, 2.45) is 5.16 Å². The van der Waals surface area contributed by atoms with E-state index in [1.807, 2.05) is 0 Å². The number of halogens is 1. The Morgan fingerprint density at radius 2 is 2.44 bits per heavy atom. The topological polar surface area (TPSA) is 65.7 Å². The second kappa shape index (κ2) is 4.14. The molecule has 0 saturated heterocycles. The minimum absolute atomic E-state index is 0.318. The van der Waals surface area contributed by atoms with Gasteiger partial charge in [-0.05, 0) is 6.92 Å². The maximum atomic E-state index is 7.97. The van der Waals surface area contributed by atoms with Crippen LogP contribution >= 0.6 is 11.6 Å². The summed E-state index contributed by atoms with van der Waals surface area (Å²) in [5, 5.41) is 17.0. The van der Waals surface area contributed by atoms with Crippen molar-refractivity contribution in [2.45, 2.75) is 6.92 Å². The molecule has 0 radical (unpaired) electrons. The van der Waals surface area contributed by atoms with Crippen molar-refractivity contribution in [1.29, 1.82) is 5.41 Å². The fourth-order valence-corrected chi connectivity index (χ4v) is 0.304. The summed E-state index contributed by atoms with van der Waals surface area (Å²) in [5.41, 5.74) is 0. The highest BCUT2D eigenvalue weighted by Crippen LogP contribution is 1.88. The van der Waals surface area contributed by atoms with Crippen molar-refractivity contribution < 1.29 is 9.94 Å². The van der Waals surface area contributed by atoms with E-state index in [4.69, 9.17) is 22.2 Å². The van der Waals surface area contributed by atoms with Crippen LogP contribution in [-0.4, -0.2) is 22.9 Å². The molecular weight excluding hydrogens is 144 g/mol. The second-order valence-electron chi connectivity index (χ2n) is 1.15. The Bertz CT molecular complexity index is 135. The first-order valence-electron chi connectivity index (χ1n) is 2.31. The molecule has 0 bridgehead atoms. The smallest absolute Gasteiger partial charge is 0.248 e. The molecule has 2 N–H and O–H groups in total. The molecule has 0 aliphatic rings. The normalized spacial score (nSPS) is 11.1. The maximum absolute atomic E-state index is 7.97. The Labute approximate surface area is 57.6 Å². The Hall–Kier alpha value is -0.770. The first-order chi connectivity index (χ1) is 4.22. The summed E-state index contributed by atoms with van der Waals surface area (Å²) in [4.78, 5) is 0. The number of oxime groups is 1. The van der Waals surface area contributed by atoms with E-state index in [0.717, 1.165) is 0 Å². The minimum Gasteiger partial charge on any atom is -0.476 e. The van der Waals surface area contributed by atoms with Gasteiger partial charge in [-0.3, -0.25) is 5.41 Å². The second-order valence-corrected chi connectivity index (χ2v) is 1.51. The van der Waals surface area contributed by atoms with E-state index in [0.29, 0.717) is 6.61 Å². The first-order valence-corrected chi connectivity index (χ1v) is 2.69. The molecule has 4 nitrogen and oxygen atoms in total. The van der Waals surface area contributed by atoms with Gasteiger partial charge in [-0.2, -0.15) is 0 Å². The van der Waals surface area contributed by atoms with E-state index in [2.05, 4.69) is 9.89 Å². The van der Waals surface area contributed by atoms with Crippen molar-refractivity contribution in [3.63, 3.8) is 0 Å². The van der Waals surface area contributed by atoms with Crippen LogP contribution in [0.4, 0.5) is 0 Å². The average Bonchev–Trinajstić information content (AvgIpc) is 1.87. The predicted octanol–water partition coefficient (Wildman–Crippen LogP) is 1.03. The van der Waals surface area contributed by atoms with Crippen molar-refractivity contribution >= 4 is 22.7 Å². The predicted molar refractivity (Wildman–Crippen MR) is 34.4 cm³/mol. The third kappa shape index (κ3) is 2.92. The number of ether oxygens (including phenoxy) is 1. The highest BCUT2D eigenvalue weighted by Gasteiger charge is 2.02. The highest BCUT2D eigenvalue weighted by atomic mass is 35.5. The van der Waals surface area contributed by atoms with Gasteiger partial charge >= 0.3 is 0 Å². The Balaban J connectivity index is 3.74. The van der Waals surface area contributed by atoms with Gasteiger partial charge < -0.3 is 9.94 Å². The molecule has 0 spiro atoms. The summed E-state index contributed by atoms with van der Waals surface area (Å²) >= 11 is 5.14. The Kier molecular flexibility index (Phi) is 3.79. The summed E-state index contributed by atoms with van der Waals surface area (Å²) in [6.45, 7) is 2.04. The summed E-state index contributed by atoms with van der Waals surface area (Å²) in [6, 6.07) is 0. The summed E-state index contributed by atoms with van der Waals surface area (Å²) in [7, 11) is 0. The van der Waals surface area contributed by atoms with Gasteiger partial charge in [0.2, 0.25) is 11.1 Å². The van der Waals surface area contributed by atoms with Crippen LogP contribution in [0.15, 0.2) is 5.16 Å². The van der Waals surface area contributed by atoms with Gasteiger partial charge in [0.15, 0.2) is 0 Å². The molecular formula is C4H7ClN2O2. The quantitative estimate of drug-likeness (QED) is 0.267. The van der Waals surface area contributed by atoms with Gasteiger partial charge in [-0.25, -0.2) is 0 Å². The lowest BCUT2D eigenvalue weighted by Crippen LogP contribution is -2.10. The Morgan fingerprint density at radius 3 is 2.78 bits per heavy atom. The van der Waals surface area contributed by atoms with Crippen LogP contribution in [0.1, 0.15) is 6.92 Å². The van der Waals surface area contributed by atoms with E-state index in [9.17, 15) is 0 Å². The zero-order valence-corrected chi connectivity index (χ0v) is 5.64. The van der Waals surface area contributed by atoms with Crippen molar-refractivity contribution in [1.82, 2.24) is 0 Å². The molecule has 5 heteroatoms. The fraction of sp³-hybridized carbons (Fsp3) is 0.500. The van der Waals surface area contributed by atoms with E-state index in [1.165, 1.54) is 0 Å². The minimum atomic E-state index is -0.336. The third-order valence-electron chi connectivity index (χ3n) is 0.564. The molecule has 0 aliphatic heterocycles. The molecule has 0 aromatic rings. The molecule has 0 rings (SSSR count). The monoisotopic (exact) mass is 150 g/mol. The van der Waals surface area contributed by atoms with Crippen molar-refractivity contribution in [3.05, 3.63) is 0 Å². The highest BCUT2D eigenvalue weighted by molar-refractivity contribution is 6.82. The largest absolute Gasteiger partial charge is 0.476 e. The molecule has 0 aliphatic carbocycles. The third-order valence-corrected chi connectivity index (χ3v) is 0.811. The zero-order chi connectivity index (χ0) is 7.28. The molecule has 0 aromatic carbocycles. The SMILES string of the molecule is CCOC(=N)/C(Cl)=N/O. The number of hydrogen-bond acceptors (Lipinski definition) is 4. The van der Waals surface area contributed by atoms with Crippen LogP contribution in [0.3, 0.4) is 0 Å². The number of hydrogen-bond donors (Lipinski definition) is 2. The molecule has 0 fully saturated rings. The van der Waals surface area contributed by atoms with Crippen LogP contribution in [0.2, 0.25) is 0 Å². The standard InChI is InChI=1S/C4H7ClN2O2/c1-2-9-4(6)3(5)7-8/h6,8H,2H2,1H3/b6-4?,7-3-. The van der Waals surface area contributed by atoms with Crippen LogP contribution in [0, 0.1) is 5.41 Å². The molecule has 0 saturated carbocycles. The zero-order valence-electron chi connectivity index (χ0n) is 4.89. The van der Waals surface area contributed by atoms with Crippen molar-refractivity contribution in [2.75, 3.05) is 6.61 Å². The molecule has 0 aromatic heterocycles. The lowest BCUT2D eigenvalue weighted by molar-refractivity contribution is 0.311. The van der Waals surface area contributed by atoms with Gasteiger partial charge in [0, 0.05) is 0 Å². The van der Waals surface area contributed by atoms with Crippen molar-refractivity contribution in [3.8, 4) is 0 Å². The van der Waals surface area contributed by atoms with Crippen LogP contribution < -0.4 is 0 Å². The lowest BCUT2D eigenvalue weighted by Gasteiger charge is -1.98. The molecule has 9 heavy (non-hydrogen) atoms. The average molecular weight is 151 g/mol. The molecule has 0 atom stereocenters.